The average Bonchev–Trinajstić information content (AvgIpc) is 2.28. The lowest BCUT2D eigenvalue weighted by Gasteiger charge is -2.29. The molecule has 0 aliphatic carbocycles. The van der Waals surface area contributed by atoms with Crippen LogP contribution < -0.4 is 5.32 Å². The molecule has 0 aromatic heterocycles. The molecule has 0 heterocycles. The summed E-state index contributed by atoms with van der Waals surface area (Å²) in [6.07, 6.45) is 0.127. The van der Waals surface area contributed by atoms with Gasteiger partial charge in [-0.2, -0.15) is 12.6 Å². The largest absolute Gasteiger partial charge is 0.453 e. The van der Waals surface area contributed by atoms with Crippen LogP contribution in [0.3, 0.4) is 0 Å². The maximum absolute atomic E-state index is 12.0. The second kappa shape index (κ2) is 8.52. The molecular weight excluding hydrogens is 260 g/mol. The Morgan fingerprint density at radius 2 is 2.00 bits per heavy atom. The molecule has 17 heavy (non-hydrogen) atoms. The highest BCUT2D eigenvalue weighted by atomic mass is 32.1. The summed E-state index contributed by atoms with van der Waals surface area (Å²) in [7, 11) is 1.24. The van der Waals surface area contributed by atoms with Crippen LogP contribution in [0.15, 0.2) is 0 Å². The lowest BCUT2D eigenvalue weighted by molar-refractivity contribution is -0.132. The van der Waals surface area contributed by atoms with E-state index < -0.39 is 11.5 Å². The second-order valence-corrected chi connectivity index (χ2v) is 4.70. The first-order chi connectivity index (χ1) is 7.93. The molecule has 5 nitrogen and oxygen atoms in total. The monoisotopic (exact) mass is 280 g/mol. The number of methoxy groups -OCH3 is 1. The Balaban J connectivity index is 4.43. The van der Waals surface area contributed by atoms with Gasteiger partial charge in [-0.05, 0) is 26.0 Å². The fourth-order valence-electron chi connectivity index (χ4n) is 1.25. The number of rotatable bonds is 6. The summed E-state index contributed by atoms with van der Waals surface area (Å²) >= 11 is 8.16. The van der Waals surface area contributed by atoms with Gasteiger partial charge in [-0.1, -0.05) is 0 Å². The van der Waals surface area contributed by atoms with E-state index in [1.165, 1.54) is 7.11 Å². The Morgan fingerprint density at radius 3 is 2.41 bits per heavy atom. The molecule has 1 atom stereocenters. The number of ether oxygens (including phenoxy) is 1. The van der Waals surface area contributed by atoms with E-state index in [0.717, 1.165) is 6.42 Å². The SMILES string of the molecule is COC(=O)NC(S)C(=O)N(CCCS)C(C)C. The minimum Gasteiger partial charge on any atom is -0.453 e. The van der Waals surface area contributed by atoms with E-state index in [1.807, 2.05) is 13.8 Å². The summed E-state index contributed by atoms with van der Waals surface area (Å²) in [5.41, 5.74) is 0. The van der Waals surface area contributed by atoms with Gasteiger partial charge in [-0.25, -0.2) is 4.79 Å². The number of nitrogens with zero attached hydrogens (tertiary/aromatic N) is 1. The number of nitrogens with one attached hydrogen (secondary N) is 1. The lowest BCUT2D eigenvalue weighted by atomic mass is 10.3. The predicted octanol–water partition coefficient (Wildman–Crippen LogP) is 1.16. The number of amides is 2. The molecule has 2 amide bonds. The van der Waals surface area contributed by atoms with Gasteiger partial charge < -0.3 is 15.0 Å². The van der Waals surface area contributed by atoms with Crippen molar-refractivity contribution in [1.29, 1.82) is 0 Å². The third-order valence-corrected chi connectivity index (χ3v) is 2.80. The lowest BCUT2D eigenvalue weighted by Crippen LogP contribution is -2.48. The number of alkyl carbamates (subject to hydrolysis) is 1. The van der Waals surface area contributed by atoms with Crippen LogP contribution in [0.5, 0.6) is 0 Å². The fourth-order valence-corrected chi connectivity index (χ4v) is 1.65. The summed E-state index contributed by atoms with van der Waals surface area (Å²) in [6, 6.07) is 0.0523. The first-order valence-corrected chi connectivity index (χ1v) is 6.52. The second-order valence-electron chi connectivity index (χ2n) is 3.74. The zero-order valence-electron chi connectivity index (χ0n) is 10.3. The molecule has 0 aromatic rings. The van der Waals surface area contributed by atoms with E-state index in [-0.39, 0.29) is 11.9 Å². The van der Waals surface area contributed by atoms with Gasteiger partial charge in [-0.3, -0.25) is 4.79 Å². The normalized spacial score (nSPS) is 12.1. The van der Waals surface area contributed by atoms with Crippen molar-refractivity contribution in [2.24, 2.45) is 0 Å². The quantitative estimate of drug-likeness (QED) is 0.505. The topological polar surface area (TPSA) is 58.6 Å². The summed E-state index contributed by atoms with van der Waals surface area (Å²) in [6.45, 7) is 4.42. The van der Waals surface area contributed by atoms with Gasteiger partial charge in [-0.15, -0.1) is 12.6 Å². The van der Waals surface area contributed by atoms with E-state index in [1.54, 1.807) is 4.90 Å². The molecule has 0 saturated heterocycles. The summed E-state index contributed by atoms with van der Waals surface area (Å²) in [5, 5.41) is 1.45. The molecule has 0 fully saturated rings. The van der Waals surface area contributed by atoms with Gasteiger partial charge in [0.2, 0.25) is 0 Å². The molecule has 0 rings (SSSR count). The Bertz CT molecular complexity index is 262. The minimum absolute atomic E-state index is 0.0523. The number of carbonyl (C=O) groups is 2. The van der Waals surface area contributed by atoms with Crippen molar-refractivity contribution in [2.45, 2.75) is 31.7 Å². The average molecular weight is 280 g/mol. The highest BCUT2D eigenvalue weighted by Gasteiger charge is 2.24. The number of hydrogen-bond acceptors (Lipinski definition) is 5. The van der Waals surface area contributed by atoms with E-state index in [4.69, 9.17) is 0 Å². The van der Waals surface area contributed by atoms with Crippen LogP contribution >= 0.6 is 25.3 Å². The predicted molar refractivity (Wildman–Crippen MR) is 73.6 cm³/mol. The van der Waals surface area contributed by atoms with Gasteiger partial charge in [0.15, 0.2) is 5.37 Å². The number of thiol groups is 2. The summed E-state index contributed by atoms with van der Waals surface area (Å²) in [4.78, 5) is 24.6. The Hall–Kier alpha value is -0.560. The first kappa shape index (κ1) is 16.4. The molecule has 1 N–H and O–H groups in total. The molecule has 0 aromatic carbocycles. The molecule has 0 bridgehead atoms. The van der Waals surface area contributed by atoms with E-state index in [2.05, 4.69) is 35.3 Å². The van der Waals surface area contributed by atoms with Crippen LogP contribution in [0, 0.1) is 0 Å². The molecular formula is C10H20N2O3S2. The van der Waals surface area contributed by atoms with E-state index in [9.17, 15) is 9.59 Å². The number of hydrogen-bond donors (Lipinski definition) is 3. The van der Waals surface area contributed by atoms with Gasteiger partial charge in [0.05, 0.1) is 7.11 Å². The molecule has 7 heteroatoms. The van der Waals surface area contributed by atoms with Gasteiger partial charge in [0.1, 0.15) is 0 Å². The standard InChI is InChI=1S/C10H20N2O3S2/c1-7(2)12(5-4-6-16)9(13)8(17)11-10(14)15-3/h7-8,16-17H,4-6H2,1-3H3,(H,11,14). The molecule has 0 aliphatic heterocycles. The van der Waals surface area contributed by atoms with Crippen LogP contribution in [0.2, 0.25) is 0 Å². The minimum atomic E-state index is -0.884. The van der Waals surface area contributed by atoms with E-state index >= 15 is 0 Å². The van der Waals surface area contributed by atoms with Gasteiger partial charge in [0.25, 0.3) is 5.91 Å². The number of carbonyl (C=O) groups excluding carboxylic acids is 2. The maximum atomic E-state index is 12.0. The maximum Gasteiger partial charge on any atom is 0.408 e. The van der Waals surface area contributed by atoms with Crippen LogP contribution in [0.4, 0.5) is 4.79 Å². The zero-order chi connectivity index (χ0) is 13.4. The molecule has 0 spiro atoms. The van der Waals surface area contributed by atoms with Gasteiger partial charge >= 0.3 is 6.09 Å². The van der Waals surface area contributed by atoms with E-state index in [0.29, 0.717) is 12.3 Å². The third kappa shape index (κ3) is 6.07. The zero-order valence-corrected chi connectivity index (χ0v) is 12.1. The Kier molecular flexibility index (Phi) is 8.24. The van der Waals surface area contributed by atoms with Crippen molar-refractivity contribution in [3.05, 3.63) is 0 Å². The van der Waals surface area contributed by atoms with Crippen molar-refractivity contribution in [1.82, 2.24) is 10.2 Å². The molecule has 1 unspecified atom stereocenters. The van der Waals surface area contributed by atoms with Gasteiger partial charge in [0, 0.05) is 12.6 Å². The molecule has 0 radical (unpaired) electrons. The van der Waals surface area contributed by atoms with Crippen LogP contribution in [-0.2, 0) is 9.53 Å². The van der Waals surface area contributed by atoms with Crippen molar-refractivity contribution >= 4 is 37.3 Å². The molecule has 0 saturated carbocycles. The van der Waals surface area contributed by atoms with Crippen molar-refractivity contribution in [3.8, 4) is 0 Å². The highest BCUT2D eigenvalue weighted by molar-refractivity contribution is 7.81. The summed E-state index contributed by atoms with van der Waals surface area (Å²) < 4.78 is 4.41. The van der Waals surface area contributed by atoms with Crippen LogP contribution in [-0.4, -0.2) is 47.7 Å². The van der Waals surface area contributed by atoms with Crippen LogP contribution in [0.1, 0.15) is 20.3 Å². The van der Waals surface area contributed by atoms with Crippen molar-refractivity contribution in [3.63, 3.8) is 0 Å². The highest BCUT2D eigenvalue weighted by Crippen LogP contribution is 2.06. The Morgan fingerprint density at radius 1 is 1.41 bits per heavy atom. The van der Waals surface area contributed by atoms with Crippen LogP contribution in [0.25, 0.3) is 0 Å². The molecule has 100 valence electrons. The third-order valence-electron chi connectivity index (χ3n) is 2.14. The fraction of sp³-hybridized carbons (Fsp3) is 0.800. The molecule has 0 aliphatic rings. The summed E-state index contributed by atoms with van der Waals surface area (Å²) in [5.74, 6) is 0.466. The first-order valence-electron chi connectivity index (χ1n) is 5.38. The van der Waals surface area contributed by atoms with Crippen molar-refractivity contribution < 1.29 is 14.3 Å². The Labute approximate surface area is 113 Å². The van der Waals surface area contributed by atoms with Crippen molar-refractivity contribution in [2.75, 3.05) is 19.4 Å². The smallest absolute Gasteiger partial charge is 0.408 e.